The van der Waals surface area contributed by atoms with Crippen molar-refractivity contribution in [1.29, 1.82) is 0 Å². The van der Waals surface area contributed by atoms with Crippen molar-refractivity contribution < 1.29 is 8.42 Å². The van der Waals surface area contributed by atoms with Crippen molar-refractivity contribution in [3.8, 4) is 0 Å². The number of nitrogens with zero attached hydrogens (tertiary/aromatic N) is 2. The quantitative estimate of drug-likeness (QED) is 0.619. The van der Waals surface area contributed by atoms with Gasteiger partial charge in [-0.2, -0.15) is 5.10 Å². The number of benzene rings is 2. The van der Waals surface area contributed by atoms with Gasteiger partial charge in [-0.05, 0) is 49.4 Å². The van der Waals surface area contributed by atoms with Gasteiger partial charge in [-0.25, -0.2) is 8.42 Å². The summed E-state index contributed by atoms with van der Waals surface area (Å²) in [6, 6.07) is 17.1. The highest BCUT2D eigenvalue weighted by Gasteiger charge is 2.20. The molecule has 6 heteroatoms. The molecule has 1 atom stereocenters. The highest BCUT2D eigenvalue weighted by atomic mass is 32.2. The first-order valence-corrected chi connectivity index (χ1v) is 11.0. The number of rotatable bonds is 7. The Kier molecular flexibility index (Phi) is 5.89. The van der Waals surface area contributed by atoms with Crippen molar-refractivity contribution >= 4 is 15.7 Å². The van der Waals surface area contributed by atoms with Crippen molar-refractivity contribution in [2.45, 2.75) is 51.5 Å². The van der Waals surface area contributed by atoms with Crippen LogP contribution >= 0.6 is 0 Å². The molecule has 2 aromatic carbocycles. The molecule has 148 valence electrons. The number of anilines is 1. The van der Waals surface area contributed by atoms with Gasteiger partial charge in [-0.1, -0.05) is 56.3 Å². The molecule has 3 aromatic rings. The van der Waals surface area contributed by atoms with Gasteiger partial charge in [-0.3, -0.25) is 9.40 Å². The molecule has 1 N–H and O–H groups in total. The average Bonchev–Trinajstić information content (AvgIpc) is 2.95. The maximum Gasteiger partial charge on any atom is 0.262 e. The van der Waals surface area contributed by atoms with E-state index in [1.165, 1.54) is 0 Å². The first-order chi connectivity index (χ1) is 13.3. The van der Waals surface area contributed by atoms with Crippen LogP contribution in [0.25, 0.3) is 0 Å². The summed E-state index contributed by atoms with van der Waals surface area (Å²) >= 11 is 0. The van der Waals surface area contributed by atoms with Crippen LogP contribution in [0, 0.1) is 13.8 Å². The van der Waals surface area contributed by atoms with Gasteiger partial charge in [0.1, 0.15) is 0 Å². The third kappa shape index (κ3) is 4.28. The lowest BCUT2D eigenvalue weighted by Crippen LogP contribution is -2.14. The Hall–Kier alpha value is -2.60. The standard InChI is InChI=1S/C22H27N3O2S/c1-5-16(2)20-11-13-21(14-12-20)28(26,27)24-22-17(3)23-25(18(22)4)15-19-9-7-6-8-10-19/h6-14,16,24H,5,15H2,1-4H3. The van der Waals surface area contributed by atoms with E-state index in [1.807, 2.05) is 61.0 Å². The lowest BCUT2D eigenvalue weighted by atomic mass is 9.99. The third-order valence-corrected chi connectivity index (χ3v) is 6.53. The molecule has 0 aliphatic rings. The molecule has 1 unspecified atom stereocenters. The molecule has 0 aliphatic heterocycles. The Morgan fingerprint density at radius 3 is 2.29 bits per heavy atom. The van der Waals surface area contributed by atoms with E-state index in [1.54, 1.807) is 12.1 Å². The summed E-state index contributed by atoms with van der Waals surface area (Å²) in [7, 11) is -3.67. The summed E-state index contributed by atoms with van der Waals surface area (Å²) < 4.78 is 30.3. The van der Waals surface area contributed by atoms with Crippen molar-refractivity contribution in [1.82, 2.24) is 9.78 Å². The zero-order chi connectivity index (χ0) is 20.3. The second-order valence-corrected chi connectivity index (χ2v) is 8.86. The van der Waals surface area contributed by atoms with Gasteiger partial charge >= 0.3 is 0 Å². The number of hydrogen-bond acceptors (Lipinski definition) is 3. The number of hydrogen-bond donors (Lipinski definition) is 1. The molecule has 0 bridgehead atoms. The molecule has 0 amide bonds. The largest absolute Gasteiger partial charge is 0.276 e. The number of aromatic nitrogens is 2. The molecule has 0 saturated carbocycles. The van der Waals surface area contributed by atoms with Crippen LogP contribution in [0.2, 0.25) is 0 Å². The summed E-state index contributed by atoms with van der Waals surface area (Å²) in [4.78, 5) is 0.258. The van der Waals surface area contributed by atoms with Crippen LogP contribution in [0.4, 0.5) is 5.69 Å². The number of sulfonamides is 1. The predicted molar refractivity (Wildman–Crippen MR) is 113 cm³/mol. The third-order valence-electron chi connectivity index (χ3n) is 5.16. The topological polar surface area (TPSA) is 64.0 Å². The zero-order valence-electron chi connectivity index (χ0n) is 16.8. The van der Waals surface area contributed by atoms with E-state index in [4.69, 9.17) is 0 Å². The molecule has 0 spiro atoms. The maximum atomic E-state index is 12.9. The second kappa shape index (κ2) is 8.19. The Morgan fingerprint density at radius 2 is 1.68 bits per heavy atom. The smallest absolute Gasteiger partial charge is 0.262 e. The van der Waals surface area contributed by atoms with Crippen LogP contribution in [0.3, 0.4) is 0 Å². The fourth-order valence-electron chi connectivity index (χ4n) is 3.16. The van der Waals surface area contributed by atoms with E-state index < -0.39 is 10.0 Å². The lowest BCUT2D eigenvalue weighted by molar-refractivity contribution is 0.601. The van der Waals surface area contributed by atoms with Gasteiger partial charge in [0, 0.05) is 0 Å². The van der Waals surface area contributed by atoms with Crippen LogP contribution in [0.5, 0.6) is 0 Å². The van der Waals surface area contributed by atoms with Crippen molar-refractivity contribution in [3.63, 3.8) is 0 Å². The minimum absolute atomic E-state index is 0.258. The van der Waals surface area contributed by atoms with Gasteiger partial charge in [0.25, 0.3) is 10.0 Å². The molecular weight excluding hydrogens is 370 g/mol. The van der Waals surface area contributed by atoms with Crippen molar-refractivity contribution in [3.05, 3.63) is 77.1 Å². The molecule has 0 radical (unpaired) electrons. The van der Waals surface area contributed by atoms with E-state index in [0.29, 0.717) is 23.8 Å². The summed E-state index contributed by atoms with van der Waals surface area (Å²) in [6.07, 6.45) is 1.02. The fraction of sp³-hybridized carbons (Fsp3) is 0.318. The molecular formula is C22H27N3O2S. The Morgan fingerprint density at radius 1 is 1.04 bits per heavy atom. The molecule has 3 rings (SSSR count). The van der Waals surface area contributed by atoms with E-state index in [2.05, 4.69) is 23.7 Å². The van der Waals surface area contributed by atoms with Crippen LogP contribution in [-0.4, -0.2) is 18.2 Å². The zero-order valence-corrected chi connectivity index (χ0v) is 17.6. The Bertz CT molecular complexity index is 1040. The molecule has 1 aromatic heterocycles. The minimum atomic E-state index is -3.67. The highest BCUT2D eigenvalue weighted by molar-refractivity contribution is 7.92. The molecule has 0 saturated heterocycles. The van der Waals surface area contributed by atoms with Gasteiger partial charge < -0.3 is 0 Å². The molecule has 0 aliphatic carbocycles. The SMILES string of the molecule is CCC(C)c1ccc(S(=O)(=O)Nc2c(C)nn(Cc3ccccc3)c2C)cc1. The average molecular weight is 398 g/mol. The van der Waals surface area contributed by atoms with Crippen molar-refractivity contribution in [2.24, 2.45) is 0 Å². The number of nitrogens with one attached hydrogen (secondary N) is 1. The van der Waals surface area contributed by atoms with E-state index in [-0.39, 0.29) is 4.90 Å². The van der Waals surface area contributed by atoms with Crippen LogP contribution < -0.4 is 4.72 Å². The van der Waals surface area contributed by atoms with Crippen LogP contribution in [-0.2, 0) is 16.6 Å². The Balaban J connectivity index is 1.84. The fourth-order valence-corrected chi connectivity index (χ4v) is 4.34. The first kappa shape index (κ1) is 20.1. The summed E-state index contributed by atoms with van der Waals surface area (Å²) in [5, 5.41) is 4.52. The van der Waals surface area contributed by atoms with Crippen molar-refractivity contribution in [2.75, 3.05) is 4.72 Å². The van der Waals surface area contributed by atoms with Crippen LogP contribution in [0.1, 0.15) is 48.7 Å². The van der Waals surface area contributed by atoms with E-state index in [9.17, 15) is 8.42 Å². The van der Waals surface area contributed by atoms with E-state index >= 15 is 0 Å². The van der Waals surface area contributed by atoms with Gasteiger partial charge in [0.05, 0.1) is 28.5 Å². The highest BCUT2D eigenvalue weighted by Crippen LogP contribution is 2.25. The van der Waals surface area contributed by atoms with E-state index in [0.717, 1.165) is 23.2 Å². The normalized spacial score (nSPS) is 12.7. The lowest BCUT2D eigenvalue weighted by Gasteiger charge is -2.12. The summed E-state index contributed by atoms with van der Waals surface area (Å²) in [5.74, 6) is 0.408. The van der Waals surface area contributed by atoms with Gasteiger partial charge in [0.2, 0.25) is 0 Å². The monoisotopic (exact) mass is 397 g/mol. The van der Waals surface area contributed by atoms with Gasteiger partial charge in [0.15, 0.2) is 0 Å². The Labute approximate surface area is 167 Å². The molecule has 0 fully saturated rings. The predicted octanol–water partition coefficient (Wildman–Crippen LogP) is 4.86. The molecule has 5 nitrogen and oxygen atoms in total. The second-order valence-electron chi connectivity index (χ2n) is 7.17. The van der Waals surface area contributed by atoms with Gasteiger partial charge in [-0.15, -0.1) is 0 Å². The first-order valence-electron chi connectivity index (χ1n) is 9.52. The number of aryl methyl sites for hydroxylation is 1. The maximum absolute atomic E-state index is 12.9. The van der Waals surface area contributed by atoms with Crippen LogP contribution in [0.15, 0.2) is 59.5 Å². The molecule has 1 heterocycles. The molecule has 28 heavy (non-hydrogen) atoms. The summed E-state index contributed by atoms with van der Waals surface area (Å²) in [5.41, 5.74) is 4.25. The minimum Gasteiger partial charge on any atom is -0.276 e. The summed E-state index contributed by atoms with van der Waals surface area (Å²) in [6.45, 7) is 8.55.